The number of nitrogens with zero attached hydrogens (tertiary/aromatic N) is 1. The maximum atomic E-state index is 12.5. The van der Waals surface area contributed by atoms with Crippen LogP contribution < -0.4 is 10.1 Å². The fourth-order valence-corrected chi connectivity index (χ4v) is 4.33. The molecule has 9 heteroatoms. The summed E-state index contributed by atoms with van der Waals surface area (Å²) in [4.78, 5) is 12.1. The Labute approximate surface area is 169 Å². The Kier molecular flexibility index (Phi) is 7.49. The smallest absolute Gasteiger partial charge is 0.262 e. The maximum Gasteiger partial charge on any atom is 0.262 e. The fraction of sp³-hybridized carbons (Fsp3) is 0.278. The summed E-state index contributed by atoms with van der Waals surface area (Å²) in [7, 11) is -3.62. The van der Waals surface area contributed by atoms with Gasteiger partial charge in [-0.15, -0.1) is 0 Å². The van der Waals surface area contributed by atoms with Gasteiger partial charge in [0.1, 0.15) is 5.75 Å². The van der Waals surface area contributed by atoms with Crippen LogP contribution in [0.3, 0.4) is 0 Å². The Hall–Kier alpha value is -1.80. The third kappa shape index (κ3) is 5.35. The third-order valence-electron chi connectivity index (χ3n) is 3.75. The zero-order valence-corrected chi connectivity index (χ0v) is 17.2. The van der Waals surface area contributed by atoms with E-state index in [9.17, 15) is 13.2 Å². The summed E-state index contributed by atoms with van der Waals surface area (Å²) >= 11 is 12.1. The van der Waals surface area contributed by atoms with Crippen LogP contribution in [0.5, 0.6) is 5.75 Å². The summed E-state index contributed by atoms with van der Waals surface area (Å²) in [5.41, 5.74) is 0.472. The number of anilines is 1. The van der Waals surface area contributed by atoms with Crippen LogP contribution in [0, 0.1) is 0 Å². The molecule has 0 aromatic heterocycles. The van der Waals surface area contributed by atoms with Crippen LogP contribution in [0.4, 0.5) is 5.69 Å². The van der Waals surface area contributed by atoms with Gasteiger partial charge in [0.05, 0.1) is 20.6 Å². The van der Waals surface area contributed by atoms with E-state index in [2.05, 4.69) is 5.32 Å². The van der Waals surface area contributed by atoms with Crippen molar-refractivity contribution in [2.75, 3.05) is 25.0 Å². The number of para-hydroxylation sites is 1. The number of carbonyl (C=O) groups is 1. The van der Waals surface area contributed by atoms with Crippen molar-refractivity contribution in [2.24, 2.45) is 0 Å². The Morgan fingerprint density at radius 2 is 1.74 bits per heavy atom. The van der Waals surface area contributed by atoms with Crippen LogP contribution in [-0.4, -0.2) is 38.3 Å². The van der Waals surface area contributed by atoms with Crippen LogP contribution in [0.25, 0.3) is 0 Å². The first-order chi connectivity index (χ1) is 12.8. The lowest BCUT2D eigenvalue weighted by molar-refractivity contribution is -0.118. The highest BCUT2D eigenvalue weighted by Gasteiger charge is 2.22. The van der Waals surface area contributed by atoms with Gasteiger partial charge in [-0.1, -0.05) is 49.2 Å². The molecule has 0 saturated carbocycles. The van der Waals surface area contributed by atoms with Crippen LogP contribution in [0.1, 0.15) is 13.8 Å². The SMILES string of the molecule is CCN(CC)S(=O)(=O)c1ccc(OCC(=O)Nc2ccccc2Cl)c(Cl)c1. The second-order valence-electron chi connectivity index (χ2n) is 5.50. The van der Waals surface area contributed by atoms with Gasteiger partial charge in [0.25, 0.3) is 5.91 Å². The average molecular weight is 431 g/mol. The number of nitrogens with one attached hydrogen (secondary N) is 1. The molecule has 0 atom stereocenters. The van der Waals surface area contributed by atoms with E-state index in [1.165, 1.54) is 22.5 Å². The van der Waals surface area contributed by atoms with E-state index in [1.807, 2.05) is 0 Å². The summed E-state index contributed by atoms with van der Waals surface area (Å²) in [6, 6.07) is 11.0. The van der Waals surface area contributed by atoms with Crippen molar-refractivity contribution in [1.82, 2.24) is 4.31 Å². The highest BCUT2D eigenvalue weighted by molar-refractivity contribution is 7.89. The summed E-state index contributed by atoms with van der Waals surface area (Å²) in [6.45, 7) is 3.94. The van der Waals surface area contributed by atoms with E-state index in [0.717, 1.165) is 0 Å². The Morgan fingerprint density at radius 1 is 1.07 bits per heavy atom. The van der Waals surface area contributed by atoms with E-state index in [0.29, 0.717) is 23.8 Å². The molecule has 2 aromatic rings. The molecule has 1 amide bonds. The largest absolute Gasteiger partial charge is 0.482 e. The Morgan fingerprint density at radius 3 is 2.33 bits per heavy atom. The minimum atomic E-state index is -3.62. The topological polar surface area (TPSA) is 75.7 Å². The Balaban J connectivity index is 2.06. The standard InChI is InChI=1S/C18H20Cl2N2O4S/c1-3-22(4-2)27(24,25)13-9-10-17(15(20)11-13)26-12-18(23)21-16-8-6-5-7-14(16)19/h5-11H,3-4,12H2,1-2H3,(H,21,23). The monoisotopic (exact) mass is 430 g/mol. The summed E-state index contributed by atoms with van der Waals surface area (Å²) in [5.74, 6) is -0.205. The second kappa shape index (κ2) is 9.41. The van der Waals surface area contributed by atoms with Gasteiger partial charge < -0.3 is 10.1 Å². The van der Waals surface area contributed by atoms with E-state index >= 15 is 0 Å². The molecule has 0 radical (unpaired) electrons. The van der Waals surface area contributed by atoms with Crippen molar-refractivity contribution in [1.29, 1.82) is 0 Å². The summed E-state index contributed by atoms with van der Waals surface area (Å²) in [6.07, 6.45) is 0. The van der Waals surface area contributed by atoms with Crippen molar-refractivity contribution in [3.8, 4) is 5.75 Å². The van der Waals surface area contributed by atoms with Crippen LogP contribution in [0.15, 0.2) is 47.4 Å². The van der Waals surface area contributed by atoms with Crippen molar-refractivity contribution < 1.29 is 17.9 Å². The number of ether oxygens (including phenoxy) is 1. The lowest BCUT2D eigenvalue weighted by atomic mass is 10.3. The number of sulfonamides is 1. The predicted molar refractivity (Wildman–Crippen MR) is 107 cm³/mol. The Bertz CT molecular complexity index is 915. The van der Waals surface area contributed by atoms with Crippen LogP contribution in [0.2, 0.25) is 10.0 Å². The molecule has 2 rings (SSSR count). The molecule has 0 aliphatic carbocycles. The van der Waals surface area contributed by atoms with Crippen LogP contribution >= 0.6 is 23.2 Å². The van der Waals surface area contributed by atoms with Gasteiger partial charge in [-0.05, 0) is 30.3 Å². The molecule has 2 aromatic carbocycles. The van der Waals surface area contributed by atoms with Crippen molar-refractivity contribution in [3.05, 3.63) is 52.5 Å². The summed E-state index contributed by atoms with van der Waals surface area (Å²) in [5, 5.41) is 3.14. The van der Waals surface area contributed by atoms with Gasteiger partial charge in [-0.3, -0.25) is 4.79 Å². The summed E-state index contributed by atoms with van der Waals surface area (Å²) < 4.78 is 31.7. The van der Waals surface area contributed by atoms with Gasteiger partial charge in [-0.25, -0.2) is 8.42 Å². The zero-order chi connectivity index (χ0) is 20.0. The molecule has 0 bridgehead atoms. The normalized spacial score (nSPS) is 11.4. The highest BCUT2D eigenvalue weighted by Crippen LogP contribution is 2.29. The van der Waals surface area contributed by atoms with Crippen LogP contribution in [-0.2, 0) is 14.8 Å². The molecule has 0 spiro atoms. The number of benzene rings is 2. The first-order valence-corrected chi connectivity index (χ1v) is 10.5. The molecule has 6 nitrogen and oxygen atoms in total. The highest BCUT2D eigenvalue weighted by atomic mass is 35.5. The first-order valence-electron chi connectivity index (χ1n) is 8.26. The number of hydrogen-bond donors (Lipinski definition) is 1. The molecular weight excluding hydrogens is 411 g/mol. The zero-order valence-electron chi connectivity index (χ0n) is 14.9. The van der Waals surface area contributed by atoms with Gasteiger partial charge in [-0.2, -0.15) is 4.31 Å². The molecule has 0 saturated heterocycles. The molecule has 0 aliphatic rings. The minimum absolute atomic E-state index is 0.0732. The van der Waals surface area contributed by atoms with E-state index in [-0.39, 0.29) is 22.3 Å². The molecule has 1 N–H and O–H groups in total. The molecule has 27 heavy (non-hydrogen) atoms. The number of rotatable bonds is 8. The van der Waals surface area contributed by atoms with Gasteiger partial charge in [0.2, 0.25) is 10.0 Å². The second-order valence-corrected chi connectivity index (χ2v) is 8.25. The molecule has 0 fully saturated rings. The lowest BCUT2D eigenvalue weighted by Gasteiger charge is -2.19. The molecule has 0 aliphatic heterocycles. The van der Waals surface area contributed by atoms with Gasteiger partial charge in [0, 0.05) is 13.1 Å². The first kappa shape index (κ1) is 21.5. The molecular formula is C18H20Cl2N2O4S. The third-order valence-corrected chi connectivity index (χ3v) is 6.42. The average Bonchev–Trinajstić information content (AvgIpc) is 2.63. The van der Waals surface area contributed by atoms with Crippen molar-refractivity contribution in [3.63, 3.8) is 0 Å². The maximum absolute atomic E-state index is 12.5. The molecule has 146 valence electrons. The van der Waals surface area contributed by atoms with Gasteiger partial charge in [0.15, 0.2) is 6.61 Å². The van der Waals surface area contributed by atoms with E-state index < -0.39 is 15.9 Å². The number of carbonyl (C=O) groups excluding carboxylic acids is 1. The number of hydrogen-bond acceptors (Lipinski definition) is 4. The molecule has 0 unspecified atom stereocenters. The van der Waals surface area contributed by atoms with E-state index in [4.69, 9.17) is 27.9 Å². The predicted octanol–water partition coefficient (Wildman–Crippen LogP) is 4.04. The molecule has 0 heterocycles. The van der Waals surface area contributed by atoms with Gasteiger partial charge >= 0.3 is 0 Å². The quantitative estimate of drug-likeness (QED) is 0.685. The lowest BCUT2D eigenvalue weighted by Crippen LogP contribution is -2.30. The van der Waals surface area contributed by atoms with Crippen molar-refractivity contribution >= 4 is 44.8 Å². The van der Waals surface area contributed by atoms with Crippen molar-refractivity contribution in [2.45, 2.75) is 18.7 Å². The minimum Gasteiger partial charge on any atom is -0.482 e. The number of amides is 1. The number of halogens is 2. The van der Waals surface area contributed by atoms with E-state index in [1.54, 1.807) is 38.1 Å². The fourth-order valence-electron chi connectivity index (χ4n) is 2.36.